The third kappa shape index (κ3) is 11.7. The molecule has 0 aromatic rings. The number of unbranched alkanes of at least 4 members (excludes halogenated alkanes) is 4. The number of ether oxygens (including phenoxy) is 1. The maximum absolute atomic E-state index is 11.2. The summed E-state index contributed by atoms with van der Waals surface area (Å²) in [6, 6.07) is 0. The van der Waals surface area contributed by atoms with E-state index in [2.05, 4.69) is 6.92 Å². The first kappa shape index (κ1) is 15.6. The van der Waals surface area contributed by atoms with Gasteiger partial charge in [0.25, 0.3) is 0 Å². The molecule has 0 saturated carbocycles. The zero-order valence-electron chi connectivity index (χ0n) is 9.94. The fourth-order valence-electron chi connectivity index (χ4n) is 1.28. The van der Waals surface area contributed by atoms with Gasteiger partial charge in [-0.15, -0.1) is 0 Å². The van der Waals surface area contributed by atoms with E-state index >= 15 is 0 Å². The second kappa shape index (κ2) is 11.1. The topological polar surface area (TPSA) is 63.6 Å². The number of rotatable bonds is 10. The molecule has 0 aromatic carbocycles. The number of hydrogen-bond acceptors (Lipinski definition) is 3. The molecule has 0 radical (unpaired) electrons. The molecule has 0 spiro atoms. The van der Waals surface area contributed by atoms with Gasteiger partial charge in [-0.2, -0.15) is 0 Å². The maximum atomic E-state index is 11.2. The Balaban J connectivity index is 3.21. The molecule has 0 heterocycles. The highest BCUT2D eigenvalue weighted by Gasteiger charge is 2.03. The van der Waals surface area contributed by atoms with Crippen LogP contribution in [0.1, 0.15) is 51.9 Å². The molecule has 0 aliphatic rings. The van der Waals surface area contributed by atoms with Crippen molar-refractivity contribution in [3.8, 4) is 0 Å². The van der Waals surface area contributed by atoms with Gasteiger partial charge in [0, 0.05) is 12.2 Å². The molecule has 0 aliphatic carbocycles. The molecular formula is C11H22O4S. The summed E-state index contributed by atoms with van der Waals surface area (Å²) in [7, 11) is 0. The van der Waals surface area contributed by atoms with Gasteiger partial charge in [0.1, 0.15) is 0 Å². The van der Waals surface area contributed by atoms with Crippen molar-refractivity contribution in [2.75, 3.05) is 12.4 Å². The Morgan fingerprint density at radius 1 is 1.19 bits per heavy atom. The van der Waals surface area contributed by atoms with Crippen LogP contribution in [0.25, 0.3) is 0 Å². The van der Waals surface area contributed by atoms with Gasteiger partial charge in [-0.25, -0.2) is 4.21 Å². The third-order valence-electron chi connectivity index (χ3n) is 2.21. The summed E-state index contributed by atoms with van der Waals surface area (Å²) in [5.41, 5.74) is 0. The Kier molecular flexibility index (Phi) is 10.8. The first-order chi connectivity index (χ1) is 7.66. The Morgan fingerprint density at radius 2 is 1.94 bits per heavy atom. The van der Waals surface area contributed by atoms with E-state index in [1.807, 2.05) is 0 Å². The molecule has 1 unspecified atom stereocenters. The minimum atomic E-state index is -1.74. The average molecular weight is 250 g/mol. The predicted molar refractivity (Wildman–Crippen MR) is 64.6 cm³/mol. The van der Waals surface area contributed by atoms with Gasteiger partial charge in [-0.1, -0.05) is 26.2 Å². The molecule has 0 saturated heterocycles. The normalized spacial score (nSPS) is 12.4. The van der Waals surface area contributed by atoms with Crippen molar-refractivity contribution < 1.29 is 18.3 Å². The lowest BCUT2D eigenvalue weighted by Gasteiger charge is -2.03. The standard InChI is InChI=1S/C11H22O4S/c1-2-3-4-6-9-15-11(12)8-5-7-10-16(13)14/h2-10H2,1H3,(H,13,14). The molecule has 16 heavy (non-hydrogen) atoms. The Hall–Kier alpha value is -0.420. The van der Waals surface area contributed by atoms with Crippen molar-refractivity contribution in [3.05, 3.63) is 0 Å². The lowest BCUT2D eigenvalue weighted by Crippen LogP contribution is -2.06. The molecular weight excluding hydrogens is 228 g/mol. The summed E-state index contributed by atoms with van der Waals surface area (Å²) in [5.74, 6) is 0.0456. The molecule has 1 atom stereocenters. The van der Waals surface area contributed by atoms with E-state index in [1.165, 1.54) is 12.8 Å². The highest BCUT2D eigenvalue weighted by Crippen LogP contribution is 2.02. The monoisotopic (exact) mass is 250 g/mol. The van der Waals surface area contributed by atoms with Crippen LogP contribution in [-0.2, 0) is 20.6 Å². The molecule has 0 rings (SSSR count). The highest BCUT2D eigenvalue weighted by molar-refractivity contribution is 7.79. The van der Waals surface area contributed by atoms with Crippen molar-refractivity contribution in [2.45, 2.75) is 51.9 Å². The van der Waals surface area contributed by atoms with Gasteiger partial charge < -0.3 is 9.29 Å². The minimum Gasteiger partial charge on any atom is -0.466 e. The third-order valence-corrected chi connectivity index (χ3v) is 2.85. The highest BCUT2D eigenvalue weighted by atomic mass is 32.2. The zero-order valence-corrected chi connectivity index (χ0v) is 10.8. The molecule has 0 fully saturated rings. The zero-order chi connectivity index (χ0) is 12.2. The van der Waals surface area contributed by atoms with Gasteiger partial charge in [-0.3, -0.25) is 4.79 Å². The van der Waals surface area contributed by atoms with Crippen LogP contribution in [0.3, 0.4) is 0 Å². The first-order valence-electron chi connectivity index (χ1n) is 5.90. The lowest BCUT2D eigenvalue weighted by atomic mass is 10.2. The SMILES string of the molecule is CCCCCCOC(=O)CCCCS(=O)O. The summed E-state index contributed by atoms with van der Waals surface area (Å²) < 4.78 is 23.8. The Morgan fingerprint density at radius 3 is 2.56 bits per heavy atom. The van der Waals surface area contributed by atoms with Crippen LogP contribution < -0.4 is 0 Å². The minimum absolute atomic E-state index is 0.194. The van der Waals surface area contributed by atoms with E-state index in [9.17, 15) is 9.00 Å². The molecule has 1 N–H and O–H groups in total. The second-order valence-electron chi connectivity index (χ2n) is 3.76. The number of carbonyl (C=O) groups excluding carboxylic acids is 1. The second-order valence-corrected chi connectivity index (χ2v) is 4.82. The van der Waals surface area contributed by atoms with E-state index in [0.717, 1.165) is 12.8 Å². The van der Waals surface area contributed by atoms with Crippen LogP contribution >= 0.6 is 0 Å². The fraction of sp³-hybridized carbons (Fsp3) is 0.909. The molecule has 0 amide bonds. The summed E-state index contributed by atoms with van der Waals surface area (Å²) in [5, 5.41) is 0. The molecule has 0 aliphatic heterocycles. The summed E-state index contributed by atoms with van der Waals surface area (Å²) in [6.07, 6.45) is 5.96. The first-order valence-corrected chi connectivity index (χ1v) is 7.17. The largest absolute Gasteiger partial charge is 0.466 e. The Bertz CT molecular complexity index is 206. The smallest absolute Gasteiger partial charge is 0.305 e. The molecule has 0 aromatic heterocycles. The Labute approximate surface area is 100 Å². The number of esters is 1. The number of carbonyl (C=O) groups is 1. The maximum Gasteiger partial charge on any atom is 0.305 e. The van der Waals surface area contributed by atoms with Crippen molar-refractivity contribution >= 4 is 17.0 Å². The van der Waals surface area contributed by atoms with Crippen molar-refractivity contribution in [1.82, 2.24) is 0 Å². The predicted octanol–water partition coefficient (Wildman–Crippen LogP) is 2.50. The van der Waals surface area contributed by atoms with Crippen LogP contribution in [0.15, 0.2) is 0 Å². The van der Waals surface area contributed by atoms with E-state index in [1.54, 1.807) is 0 Å². The van der Waals surface area contributed by atoms with Gasteiger partial charge in [0.15, 0.2) is 11.1 Å². The van der Waals surface area contributed by atoms with Gasteiger partial charge >= 0.3 is 5.97 Å². The summed E-state index contributed by atoms with van der Waals surface area (Å²) in [4.78, 5) is 11.2. The summed E-state index contributed by atoms with van der Waals surface area (Å²) in [6.45, 7) is 2.64. The molecule has 0 bridgehead atoms. The quantitative estimate of drug-likeness (QED) is 0.367. The van der Waals surface area contributed by atoms with E-state index < -0.39 is 11.1 Å². The molecule has 96 valence electrons. The van der Waals surface area contributed by atoms with Crippen LogP contribution in [0, 0.1) is 0 Å². The molecule has 5 heteroatoms. The van der Waals surface area contributed by atoms with E-state index in [4.69, 9.17) is 9.29 Å². The van der Waals surface area contributed by atoms with Gasteiger partial charge in [-0.05, 0) is 19.3 Å². The summed E-state index contributed by atoms with van der Waals surface area (Å²) >= 11 is -1.74. The lowest BCUT2D eigenvalue weighted by molar-refractivity contribution is -0.143. The van der Waals surface area contributed by atoms with Crippen LogP contribution in [0.5, 0.6) is 0 Å². The van der Waals surface area contributed by atoms with Crippen LogP contribution in [-0.4, -0.2) is 27.1 Å². The van der Waals surface area contributed by atoms with E-state index in [0.29, 0.717) is 25.9 Å². The molecule has 4 nitrogen and oxygen atoms in total. The average Bonchev–Trinajstić information content (AvgIpc) is 2.24. The van der Waals surface area contributed by atoms with Crippen molar-refractivity contribution in [1.29, 1.82) is 0 Å². The van der Waals surface area contributed by atoms with Gasteiger partial charge in [0.2, 0.25) is 0 Å². The van der Waals surface area contributed by atoms with Crippen molar-refractivity contribution in [2.24, 2.45) is 0 Å². The van der Waals surface area contributed by atoms with Crippen molar-refractivity contribution in [3.63, 3.8) is 0 Å². The number of hydrogen-bond donors (Lipinski definition) is 1. The van der Waals surface area contributed by atoms with Crippen LogP contribution in [0.4, 0.5) is 0 Å². The van der Waals surface area contributed by atoms with E-state index in [-0.39, 0.29) is 11.7 Å². The van der Waals surface area contributed by atoms with Crippen LogP contribution in [0.2, 0.25) is 0 Å². The van der Waals surface area contributed by atoms with Gasteiger partial charge in [0.05, 0.1) is 6.61 Å². The fourth-order valence-corrected chi connectivity index (χ4v) is 1.73.